The molecule has 19 atom stereocenters. The predicted octanol–water partition coefficient (Wildman–Crippen LogP) is -0.189. The Labute approximate surface area is 441 Å². The normalized spacial score (nSPS) is 41.0. The van der Waals surface area contributed by atoms with E-state index in [0.29, 0.717) is 13.0 Å². The van der Waals surface area contributed by atoms with Crippen molar-refractivity contribution in [1.82, 2.24) is 15.5 Å². The predicted molar refractivity (Wildman–Crippen MR) is 279 cm³/mol. The van der Waals surface area contributed by atoms with Gasteiger partial charge in [-0.3, -0.25) is 14.4 Å². The number of nitrogens with two attached hydrogens (primary N) is 1. The van der Waals surface area contributed by atoms with Gasteiger partial charge in [0.25, 0.3) is 0 Å². The van der Waals surface area contributed by atoms with E-state index in [4.69, 9.17) is 24.7 Å². The van der Waals surface area contributed by atoms with Crippen LogP contribution in [0.2, 0.25) is 0 Å². The minimum absolute atomic E-state index is 0.108. The molecule has 0 aromatic heterocycles. The molecule has 2 amide bonds. The van der Waals surface area contributed by atoms with Crippen LogP contribution in [0, 0.1) is 17.8 Å². The zero-order valence-corrected chi connectivity index (χ0v) is 44.3. The fraction of sp³-hybridized carbons (Fsp3) is 0.685. The zero-order chi connectivity index (χ0) is 55.8. The Balaban J connectivity index is 1.98. The maximum absolute atomic E-state index is 13.9. The van der Waals surface area contributed by atoms with Crippen molar-refractivity contribution in [2.45, 2.75) is 183 Å². The lowest BCUT2D eigenvalue weighted by molar-refractivity contribution is -0.307. The van der Waals surface area contributed by atoms with Crippen molar-refractivity contribution in [3.05, 3.63) is 85.1 Å². The summed E-state index contributed by atoms with van der Waals surface area (Å²) in [5.74, 6) is -6.35. The Morgan fingerprint density at radius 2 is 1.32 bits per heavy atom. The number of amides is 2. The number of esters is 1. The molecule has 2 saturated heterocycles. The zero-order valence-electron chi connectivity index (χ0n) is 44.3. The number of nitrogens with one attached hydrogen (secondary N) is 2. The van der Waals surface area contributed by atoms with E-state index in [1.807, 2.05) is 50.2 Å². The summed E-state index contributed by atoms with van der Waals surface area (Å²) in [6.07, 6.45) is 4.13. The van der Waals surface area contributed by atoms with E-state index in [-0.39, 0.29) is 38.1 Å². The van der Waals surface area contributed by atoms with Gasteiger partial charge in [0.1, 0.15) is 18.3 Å². The third-order valence-corrected chi connectivity index (χ3v) is 13.6. The smallest absolute Gasteiger partial charge is 0.308 e. The first kappa shape index (κ1) is 65.3. The first-order chi connectivity index (χ1) is 35.4. The maximum Gasteiger partial charge on any atom is 0.308 e. The standard InChI is InChI=1S/C54H88N4O17/c1-33-20-17-15-13-11-9-7-8-10-12-14-16-18-21-40(74-53-51(69)48(57-45(65)32-55)50(68)36(4)73-53)29-44-47(52(70)56-24-19-25-58(5)6)43(64)31-54(71,75-44)30-39(61)27-42(63)41(62)23-22-37(59)26-38(60)28-46(66)72-35(3)34(2)49(33)67/h7-18,20-21,33-44,47-51,53,59-64,67-69,71H,19,22-32,55H2,1-6H3,(H,56,70)(H,57,65)/b8-7-,11-9-,12-10-,15-13-,16-14-,20-17-,21-18+/t33-,34-,35-,36+,37+,38+,39-,40-,41+,42+,43-,44-,47+,48-,49+,50+,51-,53-,54+/m0/s1. The van der Waals surface area contributed by atoms with E-state index in [2.05, 4.69) is 10.6 Å². The summed E-state index contributed by atoms with van der Waals surface area (Å²) < 4.78 is 24.0. The average Bonchev–Trinajstić information content (AvgIpc) is 3.33. The molecular weight excluding hydrogens is 977 g/mol. The topological polar surface area (TPSA) is 344 Å². The van der Waals surface area contributed by atoms with E-state index in [9.17, 15) is 65.4 Å². The summed E-state index contributed by atoms with van der Waals surface area (Å²) in [6.45, 7) is 7.20. The van der Waals surface area contributed by atoms with Gasteiger partial charge in [0.2, 0.25) is 11.8 Å². The monoisotopic (exact) mass is 1060 g/mol. The summed E-state index contributed by atoms with van der Waals surface area (Å²) in [7, 11) is 3.76. The van der Waals surface area contributed by atoms with Gasteiger partial charge in [0.15, 0.2) is 12.1 Å². The third-order valence-electron chi connectivity index (χ3n) is 13.6. The van der Waals surface area contributed by atoms with Crippen molar-refractivity contribution < 1.29 is 84.4 Å². The van der Waals surface area contributed by atoms with Crippen molar-refractivity contribution in [2.24, 2.45) is 23.5 Å². The summed E-state index contributed by atoms with van der Waals surface area (Å²) >= 11 is 0. The number of aliphatic hydroxyl groups is 10. The number of ether oxygens (including phenoxy) is 4. The molecule has 0 aliphatic carbocycles. The molecule has 0 aromatic rings. The lowest BCUT2D eigenvalue weighted by Gasteiger charge is -2.46. The highest BCUT2D eigenvalue weighted by molar-refractivity contribution is 5.80. The molecule has 0 aromatic carbocycles. The molecule has 3 aliphatic rings. The number of carbonyl (C=O) groups is 3. The van der Waals surface area contributed by atoms with E-state index in [1.165, 1.54) is 6.92 Å². The van der Waals surface area contributed by atoms with Crippen LogP contribution in [0.3, 0.4) is 0 Å². The first-order valence-electron chi connectivity index (χ1n) is 26.1. The van der Waals surface area contributed by atoms with E-state index < -0.39 is 159 Å². The Hall–Kier alpha value is -4.01. The second-order valence-corrected chi connectivity index (χ2v) is 20.4. The molecule has 3 heterocycles. The Bertz CT molecular complexity index is 1930. The Kier molecular flexibility index (Phi) is 29.0. The van der Waals surface area contributed by atoms with Crippen LogP contribution in [0.4, 0.5) is 0 Å². The highest BCUT2D eigenvalue weighted by Crippen LogP contribution is 2.38. The van der Waals surface area contributed by atoms with Gasteiger partial charge >= 0.3 is 5.97 Å². The van der Waals surface area contributed by atoms with E-state index in [1.54, 1.807) is 74.6 Å². The lowest BCUT2D eigenvalue weighted by Crippen LogP contribution is -2.64. The van der Waals surface area contributed by atoms with Gasteiger partial charge in [0.05, 0.1) is 86.0 Å². The molecule has 3 aliphatic heterocycles. The molecule has 0 radical (unpaired) electrons. The van der Waals surface area contributed by atoms with Crippen molar-refractivity contribution in [3.63, 3.8) is 0 Å². The van der Waals surface area contributed by atoms with Crippen LogP contribution in [0.15, 0.2) is 85.1 Å². The van der Waals surface area contributed by atoms with Crippen LogP contribution in [0.25, 0.3) is 0 Å². The van der Waals surface area contributed by atoms with Gasteiger partial charge in [-0.05, 0) is 60.2 Å². The van der Waals surface area contributed by atoms with Gasteiger partial charge in [-0.1, -0.05) is 98.9 Å². The summed E-state index contributed by atoms with van der Waals surface area (Å²) in [5, 5.41) is 116. The van der Waals surface area contributed by atoms with Gasteiger partial charge in [-0.15, -0.1) is 0 Å². The molecule has 75 heavy (non-hydrogen) atoms. The highest BCUT2D eigenvalue weighted by Gasteiger charge is 2.51. The highest BCUT2D eigenvalue weighted by atomic mass is 16.7. The van der Waals surface area contributed by atoms with Crippen LogP contribution in [0.1, 0.15) is 85.5 Å². The van der Waals surface area contributed by atoms with Crippen molar-refractivity contribution in [1.29, 1.82) is 0 Å². The van der Waals surface area contributed by atoms with Crippen LogP contribution in [-0.4, -0.2) is 205 Å². The molecule has 3 rings (SSSR count). The Morgan fingerprint density at radius 1 is 0.720 bits per heavy atom. The number of hydrogen-bond donors (Lipinski definition) is 13. The number of fused-ring (bicyclic) bond motifs is 2. The summed E-state index contributed by atoms with van der Waals surface area (Å²) in [4.78, 5) is 40.9. The van der Waals surface area contributed by atoms with E-state index >= 15 is 0 Å². The second kappa shape index (κ2) is 33.3. The first-order valence-corrected chi connectivity index (χ1v) is 26.1. The summed E-state index contributed by atoms with van der Waals surface area (Å²) in [6, 6.07) is -1.26. The van der Waals surface area contributed by atoms with Gasteiger partial charge < -0.3 is 91.3 Å². The number of nitrogens with zero attached hydrogens (tertiary/aromatic N) is 1. The minimum atomic E-state index is -2.31. The van der Waals surface area contributed by atoms with Gasteiger partial charge in [-0.2, -0.15) is 0 Å². The number of aliphatic hydroxyl groups excluding tert-OH is 9. The number of carbonyl (C=O) groups excluding carboxylic acids is 3. The number of cyclic esters (lactones) is 1. The SMILES string of the molecule is C[C@@H]1[C@H](O)[C@@H](C)\C=C/C=C\C=C/C=C\C=C/C=C\C=C\[C@H](O[C@@H]2O[C@H](C)[C@@H](O)[C@H](NC(=O)CN)[C@@H]2O)C[C@@H]2O[C@](O)(C[C@@H](O)C[C@@H](O)[C@H](O)CC[C@@H](O)C[C@@H](O)CC(=O)O[C@H]1C)C[C@H](O)[C@H]2C(=O)NCCCN(C)C. The molecule has 2 fully saturated rings. The average molecular weight is 1070 g/mol. The molecule has 0 spiro atoms. The molecule has 14 N–H and O–H groups in total. The molecule has 0 unspecified atom stereocenters. The molecule has 2 bridgehead atoms. The van der Waals surface area contributed by atoms with Crippen molar-refractivity contribution in [3.8, 4) is 0 Å². The fourth-order valence-corrected chi connectivity index (χ4v) is 9.10. The van der Waals surface area contributed by atoms with Gasteiger partial charge in [-0.25, -0.2) is 0 Å². The lowest BCUT2D eigenvalue weighted by atomic mass is 9.82. The van der Waals surface area contributed by atoms with Crippen LogP contribution < -0.4 is 16.4 Å². The Morgan fingerprint density at radius 3 is 1.92 bits per heavy atom. The van der Waals surface area contributed by atoms with E-state index in [0.717, 1.165) is 0 Å². The largest absolute Gasteiger partial charge is 0.462 e. The van der Waals surface area contributed by atoms with Crippen molar-refractivity contribution in [2.75, 3.05) is 33.7 Å². The minimum Gasteiger partial charge on any atom is -0.462 e. The van der Waals surface area contributed by atoms with Crippen LogP contribution in [0.5, 0.6) is 0 Å². The summed E-state index contributed by atoms with van der Waals surface area (Å²) in [5.41, 5.74) is 5.50. The molecule has 0 saturated carbocycles. The molecular formula is C54H88N4O17. The third kappa shape index (κ3) is 23.2. The van der Waals surface area contributed by atoms with Crippen LogP contribution >= 0.6 is 0 Å². The number of rotatable bonds is 9. The van der Waals surface area contributed by atoms with Gasteiger partial charge in [0, 0.05) is 44.1 Å². The second-order valence-electron chi connectivity index (χ2n) is 20.4. The fourth-order valence-electron chi connectivity index (χ4n) is 9.10. The van der Waals surface area contributed by atoms with Crippen molar-refractivity contribution >= 4 is 17.8 Å². The molecule has 21 nitrogen and oxygen atoms in total. The number of hydrogen-bond acceptors (Lipinski definition) is 19. The molecule has 426 valence electrons. The molecule has 21 heteroatoms. The number of allylic oxidation sites excluding steroid dienone is 12. The quantitative estimate of drug-likeness (QED) is 0.105. The maximum atomic E-state index is 13.9. The van der Waals surface area contributed by atoms with Crippen LogP contribution in [-0.2, 0) is 33.3 Å².